The fraction of sp³-hybridized carbons (Fsp3) is 0.714. The second kappa shape index (κ2) is 6.06. The molecule has 14 heavy (non-hydrogen) atoms. The van der Waals surface area contributed by atoms with Crippen LogP contribution in [-0.4, -0.2) is 0 Å². The zero-order chi connectivity index (χ0) is 10.4. The Morgan fingerprint density at radius 2 is 2.00 bits per heavy atom. The van der Waals surface area contributed by atoms with Gasteiger partial charge < -0.3 is 0 Å². The summed E-state index contributed by atoms with van der Waals surface area (Å²) in [6.45, 7) is 6.79. The lowest BCUT2D eigenvalue weighted by atomic mass is 9.86. The zero-order valence-corrected chi connectivity index (χ0v) is 10.0. The van der Waals surface area contributed by atoms with Crippen molar-refractivity contribution in [3.05, 3.63) is 22.8 Å². The Hall–Kier alpha value is -0.520. The van der Waals surface area contributed by atoms with Gasteiger partial charge in [-0.2, -0.15) is 0 Å². The molecule has 1 rings (SSSR count). The molecule has 0 aromatic rings. The van der Waals surface area contributed by atoms with E-state index < -0.39 is 0 Å². The molecule has 0 aliphatic heterocycles. The van der Waals surface area contributed by atoms with Crippen LogP contribution in [0.5, 0.6) is 0 Å². The van der Waals surface area contributed by atoms with Crippen molar-refractivity contribution in [2.24, 2.45) is 0 Å². The lowest BCUT2D eigenvalue weighted by molar-refractivity contribution is 0.664. The maximum atomic E-state index is 2.33. The molecule has 80 valence electrons. The molecule has 0 aromatic heterocycles. The van der Waals surface area contributed by atoms with E-state index in [1.54, 1.807) is 16.7 Å². The summed E-state index contributed by atoms with van der Waals surface area (Å²) in [5.41, 5.74) is 4.97. The van der Waals surface area contributed by atoms with Crippen molar-refractivity contribution in [2.75, 3.05) is 0 Å². The van der Waals surface area contributed by atoms with E-state index in [1.165, 1.54) is 44.9 Å². The smallest absolute Gasteiger partial charge is 0.0277 e. The summed E-state index contributed by atoms with van der Waals surface area (Å²) < 4.78 is 0. The largest absolute Gasteiger partial charge is 0.0842 e. The molecule has 0 bridgehead atoms. The normalized spacial score (nSPS) is 18.9. The minimum atomic E-state index is 1.29. The van der Waals surface area contributed by atoms with Crippen molar-refractivity contribution in [1.82, 2.24) is 0 Å². The molecule has 0 aromatic carbocycles. The van der Waals surface area contributed by atoms with Crippen LogP contribution in [0.15, 0.2) is 22.8 Å². The van der Waals surface area contributed by atoms with Gasteiger partial charge in [-0.15, -0.1) is 0 Å². The summed E-state index contributed by atoms with van der Waals surface area (Å²) in [7, 11) is 0. The Labute approximate surface area is 89.1 Å². The predicted octanol–water partition coefficient (Wildman–Crippen LogP) is 5.01. The van der Waals surface area contributed by atoms with Crippen molar-refractivity contribution < 1.29 is 0 Å². The maximum Gasteiger partial charge on any atom is -0.0277 e. The van der Waals surface area contributed by atoms with Crippen LogP contribution in [0, 0.1) is 0 Å². The molecular weight excluding hydrogens is 168 g/mol. The van der Waals surface area contributed by atoms with Crippen molar-refractivity contribution >= 4 is 0 Å². The van der Waals surface area contributed by atoms with E-state index in [2.05, 4.69) is 26.8 Å². The van der Waals surface area contributed by atoms with Crippen molar-refractivity contribution in [3.63, 3.8) is 0 Å². The molecule has 0 nitrogen and oxygen atoms in total. The predicted molar refractivity (Wildman–Crippen MR) is 64.5 cm³/mol. The molecule has 0 fully saturated rings. The fourth-order valence-corrected chi connectivity index (χ4v) is 2.33. The standard InChI is InChI=1S/C14H24/c1-4-6-10-13(5-2)14-11-8-7-9-12(14)3/h5H,4,6-11H2,1-3H3/b13-5-. The third-order valence-electron chi connectivity index (χ3n) is 3.28. The van der Waals surface area contributed by atoms with Gasteiger partial charge in [-0.1, -0.05) is 25.0 Å². The number of unbranched alkanes of at least 4 members (excludes halogenated alkanes) is 1. The van der Waals surface area contributed by atoms with Crippen LogP contribution in [0.25, 0.3) is 0 Å². The maximum absolute atomic E-state index is 2.33. The molecule has 0 saturated carbocycles. The highest BCUT2D eigenvalue weighted by atomic mass is 14.2. The minimum Gasteiger partial charge on any atom is -0.0842 e. The van der Waals surface area contributed by atoms with E-state index in [-0.39, 0.29) is 0 Å². The topological polar surface area (TPSA) is 0 Å². The third kappa shape index (κ3) is 3.01. The monoisotopic (exact) mass is 192 g/mol. The van der Waals surface area contributed by atoms with E-state index in [9.17, 15) is 0 Å². The molecule has 0 amide bonds. The van der Waals surface area contributed by atoms with Crippen LogP contribution in [0.3, 0.4) is 0 Å². The van der Waals surface area contributed by atoms with Gasteiger partial charge in [0, 0.05) is 0 Å². The molecular formula is C14H24. The van der Waals surface area contributed by atoms with Crippen molar-refractivity contribution in [3.8, 4) is 0 Å². The molecule has 0 radical (unpaired) electrons. The van der Waals surface area contributed by atoms with Crippen LogP contribution in [0.4, 0.5) is 0 Å². The van der Waals surface area contributed by atoms with Crippen molar-refractivity contribution in [1.29, 1.82) is 0 Å². The molecule has 0 spiro atoms. The number of hydrogen-bond donors (Lipinski definition) is 0. The van der Waals surface area contributed by atoms with Crippen molar-refractivity contribution in [2.45, 2.75) is 65.7 Å². The minimum absolute atomic E-state index is 1.29. The highest BCUT2D eigenvalue weighted by molar-refractivity contribution is 5.35. The summed E-state index contributed by atoms with van der Waals surface area (Å²) in [6, 6.07) is 0. The lowest BCUT2D eigenvalue weighted by Gasteiger charge is -2.20. The quantitative estimate of drug-likeness (QED) is 0.587. The van der Waals surface area contributed by atoms with Gasteiger partial charge in [0.05, 0.1) is 0 Å². The Kier molecular flexibility index (Phi) is 5.00. The molecule has 0 N–H and O–H groups in total. The van der Waals surface area contributed by atoms with Gasteiger partial charge in [0.2, 0.25) is 0 Å². The summed E-state index contributed by atoms with van der Waals surface area (Å²) in [5, 5.41) is 0. The molecule has 1 aliphatic carbocycles. The van der Waals surface area contributed by atoms with E-state index in [1.807, 2.05) is 0 Å². The SMILES string of the molecule is C/C=C(/CCCC)C1=C(C)CCCC1. The summed E-state index contributed by atoms with van der Waals surface area (Å²) in [4.78, 5) is 0. The van der Waals surface area contributed by atoms with Gasteiger partial charge in [-0.3, -0.25) is 0 Å². The highest BCUT2D eigenvalue weighted by Gasteiger charge is 2.12. The van der Waals surface area contributed by atoms with Crippen LogP contribution in [0.1, 0.15) is 65.7 Å². The molecule has 0 atom stereocenters. The number of rotatable bonds is 4. The van der Waals surface area contributed by atoms with E-state index in [0.717, 1.165) is 0 Å². The van der Waals surface area contributed by atoms with Crippen LogP contribution in [0.2, 0.25) is 0 Å². The average Bonchev–Trinajstić information content (AvgIpc) is 2.21. The fourth-order valence-electron chi connectivity index (χ4n) is 2.33. The zero-order valence-electron chi connectivity index (χ0n) is 10.0. The Morgan fingerprint density at radius 3 is 2.57 bits per heavy atom. The van der Waals surface area contributed by atoms with Gasteiger partial charge >= 0.3 is 0 Å². The lowest BCUT2D eigenvalue weighted by Crippen LogP contribution is -2.00. The number of hydrogen-bond acceptors (Lipinski definition) is 0. The molecule has 0 unspecified atom stereocenters. The molecule has 0 heteroatoms. The van der Waals surface area contributed by atoms with Gasteiger partial charge in [0.25, 0.3) is 0 Å². The number of allylic oxidation sites excluding steroid dienone is 4. The summed E-state index contributed by atoms with van der Waals surface area (Å²) in [6.07, 6.45) is 11.7. The Balaban J connectivity index is 2.68. The Morgan fingerprint density at radius 1 is 1.29 bits per heavy atom. The first-order valence-corrected chi connectivity index (χ1v) is 6.13. The third-order valence-corrected chi connectivity index (χ3v) is 3.28. The average molecular weight is 192 g/mol. The van der Waals surface area contributed by atoms with Gasteiger partial charge in [0.15, 0.2) is 0 Å². The van der Waals surface area contributed by atoms with E-state index in [4.69, 9.17) is 0 Å². The molecule has 1 aliphatic rings. The van der Waals surface area contributed by atoms with E-state index in [0.29, 0.717) is 0 Å². The van der Waals surface area contributed by atoms with E-state index >= 15 is 0 Å². The molecule has 0 saturated heterocycles. The Bertz CT molecular complexity index is 230. The first-order valence-electron chi connectivity index (χ1n) is 6.13. The van der Waals surface area contributed by atoms with Gasteiger partial charge in [-0.05, 0) is 63.5 Å². The van der Waals surface area contributed by atoms with Gasteiger partial charge in [0.1, 0.15) is 0 Å². The summed E-state index contributed by atoms with van der Waals surface area (Å²) >= 11 is 0. The second-order valence-electron chi connectivity index (χ2n) is 4.38. The van der Waals surface area contributed by atoms with Gasteiger partial charge in [-0.25, -0.2) is 0 Å². The van der Waals surface area contributed by atoms with Crippen LogP contribution in [-0.2, 0) is 0 Å². The first-order chi connectivity index (χ1) is 6.79. The second-order valence-corrected chi connectivity index (χ2v) is 4.38. The summed E-state index contributed by atoms with van der Waals surface area (Å²) in [5.74, 6) is 0. The van der Waals surface area contributed by atoms with Crippen LogP contribution >= 0.6 is 0 Å². The first kappa shape index (κ1) is 11.6. The highest BCUT2D eigenvalue weighted by Crippen LogP contribution is 2.31. The van der Waals surface area contributed by atoms with Crippen LogP contribution < -0.4 is 0 Å². The molecule has 0 heterocycles.